The van der Waals surface area contributed by atoms with Crippen molar-refractivity contribution in [3.63, 3.8) is 0 Å². The first kappa shape index (κ1) is 21.5. The lowest BCUT2D eigenvalue weighted by atomic mass is 10.1. The van der Waals surface area contributed by atoms with Crippen LogP contribution in [0.5, 0.6) is 5.88 Å². The van der Waals surface area contributed by atoms with Crippen molar-refractivity contribution in [3.8, 4) is 17.1 Å². The number of likely N-dealkylation sites (tertiary alicyclic amines) is 1. The summed E-state index contributed by atoms with van der Waals surface area (Å²) in [6, 6.07) is 10.0. The summed E-state index contributed by atoms with van der Waals surface area (Å²) in [5.74, 6) is -1.31. The molecule has 2 N–H and O–H groups in total. The second-order valence-corrected chi connectivity index (χ2v) is 8.02. The van der Waals surface area contributed by atoms with E-state index in [9.17, 15) is 8.78 Å². The van der Waals surface area contributed by atoms with Gasteiger partial charge in [0.2, 0.25) is 0 Å². The van der Waals surface area contributed by atoms with Gasteiger partial charge < -0.3 is 10.5 Å². The van der Waals surface area contributed by atoms with Crippen molar-refractivity contribution in [2.75, 3.05) is 18.8 Å². The molecule has 31 heavy (non-hydrogen) atoms. The summed E-state index contributed by atoms with van der Waals surface area (Å²) in [5.41, 5.74) is 8.47. The Bertz CT molecular complexity index is 1090. The average Bonchev–Trinajstić information content (AvgIpc) is 3.26. The second-order valence-electron chi connectivity index (χ2n) is 7.65. The number of nitrogens with zero attached hydrogens (tertiary/aromatic N) is 3. The molecule has 0 aliphatic carbocycles. The molecule has 1 aliphatic rings. The minimum atomic E-state index is -0.920. The van der Waals surface area contributed by atoms with Crippen LogP contribution in [0.1, 0.15) is 37.0 Å². The molecule has 4 rings (SSSR count). The van der Waals surface area contributed by atoms with Crippen LogP contribution in [0.2, 0.25) is 5.02 Å². The molecule has 0 amide bonds. The summed E-state index contributed by atoms with van der Waals surface area (Å²) in [4.78, 5) is 11.1. The highest BCUT2D eigenvalue weighted by Crippen LogP contribution is 2.33. The maximum absolute atomic E-state index is 14.2. The van der Waals surface area contributed by atoms with Gasteiger partial charge in [0, 0.05) is 17.7 Å². The SMILES string of the molecule is C[C@H](Oc1nc(-c2cccc(CN3CCCC3)c2)cnc1N)c1c(F)ccc(F)c1Cl. The summed E-state index contributed by atoms with van der Waals surface area (Å²) < 4.78 is 33.8. The molecule has 3 aromatic rings. The molecule has 2 heterocycles. The Kier molecular flexibility index (Phi) is 6.34. The summed E-state index contributed by atoms with van der Waals surface area (Å²) in [6.07, 6.45) is 3.12. The minimum Gasteiger partial charge on any atom is -0.467 e. The molecule has 0 saturated carbocycles. The Hall–Kier alpha value is -2.77. The third-order valence-electron chi connectivity index (χ3n) is 5.37. The van der Waals surface area contributed by atoms with Crippen LogP contribution in [0.15, 0.2) is 42.6 Å². The fraction of sp³-hybridized carbons (Fsp3) is 0.304. The van der Waals surface area contributed by atoms with Gasteiger partial charge in [-0.15, -0.1) is 0 Å². The summed E-state index contributed by atoms with van der Waals surface area (Å²) in [6.45, 7) is 4.66. The highest BCUT2D eigenvalue weighted by atomic mass is 35.5. The molecular formula is C23H23ClF2N4O. The molecule has 0 unspecified atom stereocenters. The predicted octanol–water partition coefficient (Wildman–Crippen LogP) is 5.39. The van der Waals surface area contributed by atoms with Gasteiger partial charge in [0.1, 0.15) is 17.7 Å². The Labute approximate surface area is 184 Å². The van der Waals surface area contributed by atoms with Crippen LogP contribution >= 0.6 is 11.6 Å². The number of benzene rings is 2. The summed E-state index contributed by atoms with van der Waals surface area (Å²) >= 11 is 5.95. The van der Waals surface area contributed by atoms with Crippen LogP contribution in [0.4, 0.5) is 14.6 Å². The lowest BCUT2D eigenvalue weighted by molar-refractivity contribution is 0.213. The summed E-state index contributed by atoms with van der Waals surface area (Å²) in [5, 5.41) is -0.329. The van der Waals surface area contributed by atoms with Crippen molar-refractivity contribution in [1.82, 2.24) is 14.9 Å². The van der Waals surface area contributed by atoms with Crippen molar-refractivity contribution in [2.24, 2.45) is 0 Å². The maximum Gasteiger partial charge on any atom is 0.258 e. The molecule has 2 aromatic carbocycles. The average molecular weight is 445 g/mol. The van der Waals surface area contributed by atoms with Gasteiger partial charge in [-0.1, -0.05) is 29.8 Å². The van der Waals surface area contributed by atoms with Gasteiger partial charge in [-0.3, -0.25) is 4.90 Å². The van der Waals surface area contributed by atoms with E-state index in [2.05, 4.69) is 27.0 Å². The number of nitrogen functional groups attached to an aromatic ring is 1. The molecule has 1 aromatic heterocycles. The molecule has 5 nitrogen and oxygen atoms in total. The maximum atomic E-state index is 14.2. The first-order chi connectivity index (χ1) is 14.9. The zero-order valence-electron chi connectivity index (χ0n) is 17.1. The van der Waals surface area contributed by atoms with E-state index in [4.69, 9.17) is 22.1 Å². The van der Waals surface area contributed by atoms with Crippen LogP contribution in [0, 0.1) is 11.6 Å². The van der Waals surface area contributed by atoms with Gasteiger partial charge in [-0.05, 0) is 56.6 Å². The molecule has 1 atom stereocenters. The van der Waals surface area contributed by atoms with Crippen molar-refractivity contribution in [1.29, 1.82) is 0 Å². The van der Waals surface area contributed by atoms with Crippen LogP contribution in [-0.2, 0) is 6.54 Å². The van der Waals surface area contributed by atoms with Gasteiger partial charge >= 0.3 is 0 Å². The molecule has 1 fully saturated rings. The smallest absolute Gasteiger partial charge is 0.258 e. The zero-order valence-corrected chi connectivity index (χ0v) is 17.9. The summed E-state index contributed by atoms with van der Waals surface area (Å²) in [7, 11) is 0. The van der Waals surface area contributed by atoms with E-state index < -0.39 is 17.7 Å². The number of aromatic nitrogens is 2. The first-order valence-electron chi connectivity index (χ1n) is 10.2. The van der Waals surface area contributed by atoms with Crippen molar-refractivity contribution in [3.05, 3.63) is 70.4 Å². The lowest BCUT2D eigenvalue weighted by Crippen LogP contribution is -2.18. The third-order valence-corrected chi connectivity index (χ3v) is 5.75. The van der Waals surface area contributed by atoms with Gasteiger partial charge in [-0.25, -0.2) is 18.7 Å². The largest absolute Gasteiger partial charge is 0.467 e. The van der Waals surface area contributed by atoms with Crippen LogP contribution in [0.25, 0.3) is 11.3 Å². The van der Waals surface area contributed by atoms with Crippen molar-refractivity contribution >= 4 is 17.4 Å². The number of halogens is 3. The molecule has 0 radical (unpaired) electrons. The van der Waals surface area contributed by atoms with E-state index >= 15 is 0 Å². The topological polar surface area (TPSA) is 64.3 Å². The predicted molar refractivity (Wildman–Crippen MR) is 117 cm³/mol. The second kappa shape index (κ2) is 9.16. The lowest BCUT2D eigenvalue weighted by Gasteiger charge is -2.18. The van der Waals surface area contributed by atoms with E-state index in [1.54, 1.807) is 13.1 Å². The highest BCUT2D eigenvalue weighted by molar-refractivity contribution is 6.31. The molecular weight excluding hydrogens is 422 g/mol. The monoisotopic (exact) mass is 444 g/mol. The molecule has 8 heteroatoms. The van der Waals surface area contributed by atoms with Crippen molar-refractivity contribution < 1.29 is 13.5 Å². The number of nitrogens with two attached hydrogens (primary N) is 1. The van der Waals surface area contributed by atoms with Gasteiger partial charge in [0.15, 0.2) is 5.82 Å². The van der Waals surface area contributed by atoms with Gasteiger partial charge in [0.05, 0.1) is 16.9 Å². The highest BCUT2D eigenvalue weighted by Gasteiger charge is 2.22. The van der Waals surface area contributed by atoms with E-state index in [-0.39, 0.29) is 22.3 Å². The molecule has 1 saturated heterocycles. The third kappa shape index (κ3) is 4.78. The normalized spacial score (nSPS) is 15.2. The Morgan fingerprint density at radius 3 is 2.68 bits per heavy atom. The zero-order chi connectivity index (χ0) is 22.0. The van der Waals surface area contributed by atoms with Crippen LogP contribution < -0.4 is 10.5 Å². The van der Waals surface area contributed by atoms with Crippen LogP contribution in [-0.4, -0.2) is 28.0 Å². The van der Waals surface area contributed by atoms with E-state index in [1.165, 1.54) is 18.4 Å². The van der Waals surface area contributed by atoms with E-state index in [0.717, 1.165) is 37.3 Å². The number of ether oxygens (including phenoxy) is 1. The molecule has 0 spiro atoms. The molecule has 162 valence electrons. The fourth-order valence-corrected chi connectivity index (χ4v) is 4.08. The number of hydrogen-bond donors (Lipinski definition) is 1. The molecule has 1 aliphatic heterocycles. The Balaban J connectivity index is 1.59. The standard InChI is InChI=1S/C23H23ClF2N4O/c1-14(20-17(25)7-8-18(26)21(20)24)31-23-22(27)28-12-19(29-23)16-6-4-5-15(11-16)13-30-9-2-3-10-30/h4-8,11-12,14H,2-3,9-10,13H2,1H3,(H2,27,28)/t14-/m0/s1. The first-order valence-corrected chi connectivity index (χ1v) is 10.5. The fourth-order valence-electron chi connectivity index (χ4n) is 3.78. The molecule has 0 bridgehead atoms. The number of rotatable bonds is 6. The van der Waals surface area contributed by atoms with Gasteiger partial charge in [-0.2, -0.15) is 0 Å². The quantitative estimate of drug-likeness (QED) is 0.516. The number of hydrogen-bond acceptors (Lipinski definition) is 5. The van der Waals surface area contributed by atoms with E-state index in [1.807, 2.05) is 12.1 Å². The number of anilines is 1. The van der Waals surface area contributed by atoms with Gasteiger partial charge in [0.25, 0.3) is 5.88 Å². The van der Waals surface area contributed by atoms with Crippen LogP contribution in [0.3, 0.4) is 0 Å². The van der Waals surface area contributed by atoms with E-state index in [0.29, 0.717) is 5.69 Å². The Morgan fingerprint density at radius 2 is 1.90 bits per heavy atom. The minimum absolute atomic E-state index is 0.0367. The Morgan fingerprint density at radius 1 is 1.16 bits per heavy atom. The van der Waals surface area contributed by atoms with Crippen molar-refractivity contribution in [2.45, 2.75) is 32.4 Å².